The van der Waals surface area contributed by atoms with E-state index in [2.05, 4.69) is 51.9 Å². The van der Waals surface area contributed by atoms with Gasteiger partial charge in [-0.2, -0.15) is 5.10 Å². The number of nitrogens with zero attached hydrogens (tertiary/aromatic N) is 2. The number of aromatic nitrogens is 2. The van der Waals surface area contributed by atoms with Crippen LogP contribution in [0.15, 0.2) is 4.47 Å². The largest absolute Gasteiger partial charge is 0.383 e. The first-order valence-electron chi connectivity index (χ1n) is 7.91. The Hall–Kier alpha value is -0.390. The van der Waals surface area contributed by atoms with Crippen LogP contribution in [0, 0.1) is 11.3 Å². The predicted molar refractivity (Wildman–Crippen MR) is 89.6 cm³/mol. The Morgan fingerprint density at radius 3 is 2.71 bits per heavy atom. The Balaban J connectivity index is 2.07. The van der Waals surface area contributed by atoms with Crippen LogP contribution in [0.3, 0.4) is 0 Å². The highest BCUT2D eigenvalue weighted by Crippen LogP contribution is 2.47. The van der Waals surface area contributed by atoms with Crippen LogP contribution in [0.1, 0.15) is 38.1 Å². The van der Waals surface area contributed by atoms with E-state index in [-0.39, 0.29) is 0 Å². The van der Waals surface area contributed by atoms with E-state index in [0.717, 1.165) is 44.1 Å². The topological polar surface area (TPSA) is 39.1 Å². The number of aryl methyl sites for hydroxylation is 2. The first-order chi connectivity index (χ1) is 10.0. The summed E-state index contributed by atoms with van der Waals surface area (Å²) in [6.45, 7) is 7.31. The summed E-state index contributed by atoms with van der Waals surface area (Å²) in [7, 11) is 3.81. The summed E-state index contributed by atoms with van der Waals surface area (Å²) in [6, 6.07) is 0. The molecule has 1 aromatic rings. The van der Waals surface area contributed by atoms with Crippen LogP contribution < -0.4 is 5.32 Å². The van der Waals surface area contributed by atoms with Crippen molar-refractivity contribution in [2.75, 3.05) is 26.8 Å². The molecule has 1 unspecified atom stereocenters. The number of nitrogens with one attached hydrogen (secondary N) is 1. The van der Waals surface area contributed by atoms with Crippen LogP contribution in [-0.2, 0) is 24.6 Å². The third-order valence-corrected chi connectivity index (χ3v) is 5.56. The van der Waals surface area contributed by atoms with Gasteiger partial charge in [0.15, 0.2) is 0 Å². The van der Waals surface area contributed by atoms with E-state index < -0.39 is 0 Å². The standard InChI is InChI=1S/C16H28BrN3O/c1-5-13-15(17)14(20(3)19-13)10-16(2,12-6-7-12)11-18-8-9-21-4/h12,18H,5-11H2,1-4H3. The van der Waals surface area contributed by atoms with Gasteiger partial charge < -0.3 is 10.1 Å². The van der Waals surface area contributed by atoms with Gasteiger partial charge in [0, 0.05) is 27.2 Å². The SMILES string of the molecule is CCc1nn(C)c(CC(C)(CNCCOC)C2CC2)c1Br. The molecule has 4 nitrogen and oxygen atoms in total. The quantitative estimate of drug-likeness (QED) is 0.690. The van der Waals surface area contributed by atoms with Crippen LogP contribution in [0.4, 0.5) is 0 Å². The summed E-state index contributed by atoms with van der Waals surface area (Å²) < 4.78 is 8.38. The van der Waals surface area contributed by atoms with Crippen molar-refractivity contribution in [2.45, 2.75) is 39.5 Å². The van der Waals surface area contributed by atoms with Gasteiger partial charge in [-0.25, -0.2) is 0 Å². The molecule has 1 aliphatic rings. The Morgan fingerprint density at radius 2 is 2.19 bits per heavy atom. The van der Waals surface area contributed by atoms with Crippen molar-refractivity contribution < 1.29 is 4.74 Å². The number of halogens is 1. The smallest absolute Gasteiger partial charge is 0.0766 e. The minimum Gasteiger partial charge on any atom is -0.383 e. The molecule has 1 aromatic heterocycles. The van der Waals surface area contributed by atoms with Crippen LogP contribution in [0.2, 0.25) is 0 Å². The van der Waals surface area contributed by atoms with Gasteiger partial charge in [0.25, 0.3) is 0 Å². The molecule has 5 heteroatoms. The lowest BCUT2D eigenvalue weighted by Gasteiger charge is -2.30. The van der Waals surface area contributed by atoms with E-state index in [0.29, 0.717) is 5.41 Å². The Bertz CT molecular complexity index is 470. The Morgan fingerprint density at radius 1 is 1.48 bits per heavy atom. The summed E-state index contributed by atoms with van der Waals surface area (Å²) in [5.41, 5.74) is 2.79. The van der Waals surface area contributed by atoms with Crippen LogP contribution >= 0.6 is 15.9 Å². The van der Waals surface area contributed by atoms with E-state index in [4.69, 9.17) is 4.74 Å². The molecule has 0 spiro atoms. The molecular formula is C16H28BrN3O. The maximum atomic E-state index is 5.12. The molecule has 1 atom stereocenters. The van der Waals surface area contributed by atoms with Gasteiger partial charge in [-0.15, -0.1) is 0 Å². The Labute approximate surface area is 136 Å². The lowest BCUT2D eigenvalue weighted by molar-refractivity contribution is 0.186. The predicted octanol–water partition coefficient (Wildman–Crippen LogP) is 2.94. The Kier molecular flexibility index (Phi) is 5.86. The van der Waals surface area contributed by atoms with E-state index >= 15 is 0 Å². The highest BCUT2D eigenvalue weighted by atomic mass is 79.9. The first kappa shape index (κ1) is 17.0. The van der Waals surface area contributed by atoms with Gasteiger partial charge in [-0.3, -0.25) is 4.68 Å². The van der Waals surface area contributed by atoms with Gasteiger partial charge in [-0.05, 0) is 52.9 Å². The van der Waals surface area contributed by atoms with Crippen LogP contribution in [-0.4, -0.2) is 36.6 Å². The number of hydrogen-bond acceptors (Lipinski definition) is 3. The maximum absolute atomic E-state index is 5.12. The summed E-state index contributed by atoms with van der Waals surface area (Å²) in [5, 5.41) is 8.19. The molecule has 1 fully saturated rings. The zero-order chi connectivity index (χ0) is 15.5. The van der Waals surface area contributed by atoms with Crippen molar-refractivity contribution in [3.05, 3.63) is 15.9 Å². The summed E-state index contributed by atoms with van der Waals surface area (Å²) in [5.74, 6) is 0.833. The van der Waals surface area contributed by atoms with Crippen molar-refractivity contribution in [1.82, 2.24) is 15.1 Å². The molecule has 2 rings (SSSR count). The van der Waals surface area contributed by atoms with Crippen molar-refractivity contribution in [2.24, 2.45) is 18.4 Å². The third-order valence-electron chi connectivity index (χ3n) is 4.65. The summed E-state index contributed by atoms with van der Waals surface area (Å²) >= 11 is 3.75. The fourth-order valence-electron chi connectivity index (χ4n) is 3.07. The van der Waals surface area contributed by atoms with Crippen molar-refractivity contribution in [3.63, 3.8) is 0 Å². The highest BCUT2D eigenvalue weighted by Gasteiger charge is 2.42. The number of ether oxygens (including phenoxy) is 1. The van der Waals surface area contributed by atoms with E-state index in [1.54, 1.807) is 7.11 Å². The summed E-state index contributed by atoms with van der Waals surface area (Å²) in [4.78, 5) is 0. The van der Waals surface area contributed by atoms with E-state index in [1.807, 2.05) is 0 Å². The van der Waals surface area contributed by atoms with E-state index in [1.165, 1.54) is 23.0 Å². The second kappa shape index (κ2) is 7.25. The molecule has 21 heavy (non-hydrogen) atoms. The molecule has 1 N–H and O–H groups in total. The zero-order valence-corrected chi connectivity index (χ0v) is 15.3. The second-order valence-electron chi connectivity index (χ2n) is 6.46. The maximum Gasteiger partial charge on any atom is 0.0766 e. The van der Waals surface area contributed by atoms with Crippen molar-refractivity contribution in [3.8, 4) is 0 Å². The zero-order valence-electron chi connectivity index (χ0n) is 13.7. The second-order valence-corrected chi connectivity index (χ2v) is 7.25. The lowest BCUT2D eigenvalue weighted by Crippen LogP contribution is -2.37. The van der Waals surface area contributed by atoms with Gasteiger partial charge in [-0.1, -0.05) is 13.8 Å². The van der Waals surface area contributed by atoms with Gasteiger partial charge in [0.1, 0.15) is 0 Å². The molecule has 0 aliphatic heterocycles. The first-order valence-corrected chi connectivity index (χ1v) is 8.71. The highest BCUT2D eigenvalue weighted by molar-refractivity contribution is 9.10. The monoisotopic (exact) mass is 357 g/mol. The fourth-order valence-corrected chi connectivity index (χ4v) is 3.83. The van der Waals surface area contributed by atoms with E-state index in [9.17, 15) is 0 Å². The molecular weight excluding hydrogens is 330 g/mol. The average Bonchev–Trinajstić information content (AvgIpc) is 3.27. The molecule has 0 saturated heterocycles. The fraction of sp³-hybridized carbons (Fsp3) is 0.812. The molecule has 0 bridgehead atoms. The van der Waals surface area contributed by atoms with Crippen LogP contribution in [0.25, 0.3) is 0 Å². The number of rotatable bonds is 9. The molecule has 1 aliphatic carbocycles. The number of methoxy groups -OCH3 is 1. The molecule has 0 aromatic carbocycles. The molecule has 120 valence electrons. The lowest BCUT2D eigenvalue weighted by atomic mass is 9.80. The normalized spacial score (nSPS) is 18.0. The minimum atomic E-state index is 0.301. The average molecular weight is 358 g/mol. The number of hydrogen-bond donors (Lipinski definition) is 1. The molecule has 0 radical (unpaired) electrons. The molecule has 1 saturated carbocycles. The molecule has 1 heterocycles. The van der Waals surface area contributed by atoms with Gasteiger partial charge in [0.05, 0.1) is 22.5 Å². The van der Waals surface area contributed by atoms with Crippen LogP contribution in [0.5, 0.6) is 0 Å². The molecule has 0 amide bonds. The minimum absolute atomic E-state index is 0.301. The van der Waals surface area contributed by atoms with Crippen molar-refractivity contribution >= 4 is 15.9 Å². The summed E-state index contributed by atoms with van der Waals surface area (Å²) in [6.07, 6.45) is 4.76. The van der Waals surface area contributed by atoms with Gasteiger partial charge >= 0.3 is 0 Å². The van der Waals surface area contributed by atoms with Crippen molar-refractivity contribution in [1.29, 1.82) is 0 Å². The van der Waals surface area contributed by atoms with Gasteiger partial charge in [0.2, 0.25) is 0 Å². The third kappa shape index (κ3) is 4.08.